The molecular formula is C22H33N3O4. The minimum Gasteiger partial charge on any atom is -0.457 e. The lowest BCUT2D eigenvalue weighted by Crippen LogP contribution is -2.17. The Morgan fingerprint density at radius 1 is 1.14 bits per heavy atom. The Bertz CT molecular complexity index is 877. The van der Waals surface area contributed by atoms with Crippen LogP contribution in [-0.4, -0.2) is 46.4 Å². The first-order valence-electron chi connectivity index (χ1n) is 10.0. The number of Topliss-reactive ketones (excluding diaryl/α,β-unsaturated/α-hetero) is 1. The maximum absolute atomic E-state index is 12.6. The number of rotatable bonds is 10. The van der Waals surface area contributed by atoms with Crippen LogP contribution in [0.1, 0.15) is 52.5 Å². The molecule has 2 aromatic rings. The molecule has 0 unspecified atom stereocenters. The van der Waals surface area contributed by atoms with E-state index in [2.05, 4.69) is 18.9 Å². The quantitative estimate of drug-likeness (QED) is 0.450. The average molecular weight is 404 g/mol. The van der Waals surface area contributed by atoms with Crippen LogP contribution < -0.4 is 0 Å². The number of aryl methyl sites for hydroxylation is 2. The first-order valence-corrected chi connectivity index (χ1v) is 10.0. The number of esters is 1. The first-order chi connectivity index (χ1) is 13.6. The van der Waals surface area contributed by atoms with Gasteiger partial charge in [0.15, 0.2) is 6.61 Å². The van der Waals surface area contributed by atoms with Crippen LogP contribution in [0.2, 0.25) is 0 Å². The fraction of sp³-hybridized carbons (Fsp3) is 0.591. The van der Waals surface area contributed by atoms with Crippen molar-refractivity contribution in [2.45, 2.75) is 61.1 Å². The van der Waals surface area contributed by atoms with E-state index in [0.717, 1.165) is 34.9 Å². The van der Waals surface area contributed by atoms with Crippen LogP contribution >= 0.6 is 0 Å². The zero-order chi connectivity index (χ0) is 21.7. The standard InChI is InChI=1S/C22H33N3O4/c1-14(2)12-25-18(6)19(16(4)23-25)11-22(27)29-13-21(26)20-10-15(3)24(17(20)5)8-9-28-7/h10,14H,8-9,11-13H2,1-7H3. The molecule has 0 aliphatic carbocycles. The molecule has 0 N–H and O–H groups in total. The summed E-state index contributed by atoms with van der Waals surface area (Å²) in [7, 11) is 1.65. The van der Waals surface area contributed by atoms with Gasteiger partial charge in [0.05, 0.1) is 18.7 Å². The Morgan fingerprint density at radius 2 is 1.83 bits per heavy atom. The van der Waals surface area contributed by atoms with Crippen LogP contribution in [0.3, 0.4) is 0 Å². The summed E-state index contributed by atoms with van der Waals surface area (Å²) in [6.45, 7) is 13.8. The highest BCUT2D eigenvalue weighted by Gasteiger charge is 2.20. The maximum Gasteiger partial charge on any atom is 0.310 e. The van der Waals surface area contributed by atoms with Gasteiger partial charge in [0.2, 0.25) is 5.78 Å². The van der Waals surface area contributed by atoms with Gasteiger partial charge in [-0.3, -0.25) is 14.3 Å². The van der Waals surface area contributed by atoms with Gasteiger partial charge in [-0.2, -0.15) is 5.10 Å². The van der Waals surface area contributed by atoms with Crippen molar-refractivity contribution in [2.24, 2.45) is 5.92 Å². The number of ketones is 1. The fourth-order valence-electron chi connectivity index (χ4n) is 3.54. The Kier molecular flexibility index (Phi) is 7.79. The molecule has 0 saturated heterocycles. The molecule has 0 bridgehead atoms. The van der Waals surface area contributed by atoms with Crippen LogP contribution in [0.25, 0.3) is 0 Å². The molecule has 2 rings (SSSR count). The van der Waals surface area contributed by atoms with Crippen LogP contribution in [-0.2, 0) is 33.8 Å². The van der Waals surface area contributed by atoms with Gasteiger partial charge >= 0.3 is 5.97 Å². The van der Waals surface area contributed by atoms with Gasteiger partial charge in [0, 0.05) is 48.4 Å². The van der Waals surface area contributed by atoms with Crippen molar-refractivity contribution in [2.75, 3.05) is 20.3 Å². The van der Waals surface area contributed by atoms with Crippen molar-refractivity contribution in [1.29, 1.82) is 0 Å². The van der Waals surface area contributed by atoms with Gasteiger partial charge < -0.3 is 14.0 Å². The summed E-state index contributed by atoms with van der Waals surface area (Å²) in [4.78, 5) is 24.9. The molecule has 0 radical (unpaired) electrons. The molecule has 2 aromatic heterocycles. The van der Waals surface area contributed by atoms with E-state index in [1.54, 1.807) is 7.11 Å². The second kappa shape index (κ2) is 9.87. The van der Waals surface area contributed by atoms with E-state index < -0.39 is 5.97 Å². The lowest BCUT2D eigenvalue weighted by atomic mass is 10.1. The fourth-order valence-corrected chi connectivity index (χ4v) is 3.54. The summed E-state index contributed by atoms with van der Waals surface area (Å²) in [6, 6.07) is 1.84. The number of hydrogen-bond acceptors (Lipinski definition) is 5. The molecule has 2 heterocycles. The van der Waals surface area contributed by atoms with Gasteiger partial charge in [-0.1, -0.05) is 13.8 Å². The number of hydrogen-bond donors (Lipinski definition) is 0. The van der Waals surface area contributed by atoms with Gasteiger partial charge in [-0.25, -0.2) is 0 Å². The third-order valence-electron chi connectivity index (χ3n) is 5.15. The number of carbonyl (C=O) groups is 2. The van der Waals surface area contributed by atoms with E-state index in [1.165, 1.54) is 0 Å². The molecule has 0 aliphatic rings. The number of nitrogens with zero attached hydrogens (tertiary/aromatic N) is 3. The number of methoxy groups -OCH3 is 1. The molecule has 0 aliphatic heterocycles. The van der Waals surface area contributed by atoms with E-state index in [1.807, 2.05) is 43.0 Å². The minimum atomic E-state index is -0.415. The van der Waals surface area contributed by atoms with Gasteiger partial charge in [0.25, 0.3) is 0 Å². The third kappa shape index (κ3) is 5.56. The zero-order valence-electron chi connectivity index (χ0n) is 18.7. The van der Waals surface area contributed by atoms with Gasteiger partial charge in [0.1, 0.15) is 0 Å². The largest absolute Gasteiger partial charge is 0.457 e. The van der Waals surface area contributed by atoms with Crippen molar-refractivity contribution >= 4 is 11.8 Å². The number of carbonyl (C=O) groups excluding carboxylic acids is 2. The molecule has 0 aromatic carbocycles. The third-order valence-corrected chi connectivity index (χ3v) is 5.15. The predicted molar refractivity (Wildman–Crippen MR) is 111 cm³/mol. The summed E-state index contributed by atoms with van der Waals surface area (Å²) in [6.07, 6.45) is 0.121. The Morgan fingerprint density at radius 3 is 2.45 bits per heavy atom. The lowest BCUT2D eigenvalue weighted by Gasteiger charge is -2.09. The van der Waals surface area contributed by atoms with Crippen molar-refractivity contribution in [3.63, 3.8) is 0 Å². The maximum atomic E-state index is 12.6. The highest BCUT2D eigenvalue weighted by Crippen LogP contribution is 2.18. The minimum absolute atomic E-state index is 0.121. The molecule has 0 fully saturated rings. The Hall–Kier alpha value is -2.41. The van der Waals surface area contributed by atoms with E-state index in [-0.39, 0.29) is 18.8 Å². The Balaban J connectivity index is 2.00. The monoisotopic (exact) mass is 403 g/mol. The molecule has 0 saturated carbocycles. The summed E-state index contributed by atoms with van der Waals surface area (Å²) in [5.41, 5.74) is 5.11. The molecule has 29 heavy (non-hydrogen) atoms. The molecule has 7 heteroatoms. The highest BCUT2D eigenvalue weighted by molar-refractivity contribution is 5.99. The van der Waals surface area contributed by atoms with E-state index >= 15 is 0 Å². The summed E-state index contributed by atoms with van der Waals surface area (Å²) in [5, 5.41) is 4.52. The molecule has 7 nitrogen and oxygen atoms in total. The Labute approximate surface area is 173 Å². The number of ether oxygens (including phenoxy) is 2. The van der Waals surface area contributed by atoms with Crippen molar-refractivity contribution in [3.05, 3.63) is 40.0 Å². The van der Waals surface area contributed by atoms with Crippen LogP contribution in [0.4, 0.5) is 0 Å². The van der Waals surface area contributed by atoms with Crippen molar-refractivity contribution < 1.29 is 19.1 Å². The summed E-state index contributed by atoms with van der Waals surface area (Å²) >= 11 is 0. The van der Waals surface area contributed by atoms with Gasteiger partial charge in [-0.15, -0.1) is 0 Å². The topological polar surface area (TPSA) is 75.3 Å². The van der Waals surface area contributed by atoms with Gasteiger partial charge in [-0.05, 0) is 39.7 Å². The van der Waals surface area contributed by atoms with E-state index in [9.17, 15) is 9.59 Å². The van der Waals surface area contributed by atoms with E-state index in [4.69, 9.17) is 9.47 Å². The number of aromatic nitrogens is 3. The average Bonchev–Trinajstić information content (AvgIpc) is 3.07. The second-order valence-electron chi connectivity index (χ2n) is 7.92. The predicted octanol–water partition coefficient (Wildman–Crippen LogP) is 3.19. The normalized spacial score (nSPS) is 11.3. The summed E-state index contributed by atoms with van der Waals surface area (Å²) in [5.74, 6) is -0.144. The second-order valence-corrected chi connectivity index (χ2v) is 7.92. The van der Waals surface area contributed by atoms with Crippen LogP contribution in [0.5, 0.6) is 0 Å². The highest BCUT2D eigenvalue weighted by atomic mass is 16.5. The molecular weight excluding hydrogens is 370 g/mol. The molecule has 160 valence electrons. The lowest BCUT2D eigenvalue weighted by molar-refractivity contribution is -0.141. The van der Waals surface area contributed by atoms with E-state index in [0.29, 0.717) is 24.6 Å². The molecule has 0 amide bonds. The molecule has 0 spiro atoms. The van der Waals surface area contributed by atoms with Crippen LogP contribution in [0.15, 0.2) is 6.07 Å². The SMILES string of the molecule is COCCn1c(C)cc(C(=O)COC(=O)Cc2c(C)nn(CC(C)C)c2C)c1C. The van der Waals surface area contributed by atoms with Crippen molar-refractivity contribution in [3.8, 4) is 0 Å². The van der Waals surface area contributed by atoms with Crippen molar-refractivity contribution in [1.82, 2.24) is 14.3 Å². The smallest absolute Gasteiger partial charge is 0.310 e. The first kappa shape index (κ1) is 22.9. The zero-order valence-corrected chi connectivity index (χ0v) is 18.7. The van der Waals surface area contributed by atoms with Crippen LogP contribution in [0, 0.1) is 33.6 Å². The molecule has 0 atom stereocenters. The summed E-state index contributed by atoms with van der Waals surface area (Å²) < 4.78 is 14.4.